The van der Waals surface area contributed by atoms with Gasteiger partial charge >= 0.3 is 6.03 Å². The highest BCUT2D eigenvalue weighted by Gasteiger charge is 2.13. The fourth-order valence-electron chi connectivity index (χ4n) is 1.81. The summed E-state index contributed by atoms with van der Waals surface area (Å²) in [6.45, 7) is 1.65. The number of rotatable bonds is 3. The van der Waals surface area contributed by atoms with Gasteiger partial charge in [-0.1, -0.05) is 29.3 Å². The number of halogens is 4. The minimum atomic E-state index is -0.965. The Balaban J connectivity index is 2.03. The first kappa shape index (κ1) is 16.5. The van der Waals surface area contributed by atoms with Crippen LogP contribution in [0.1, 0.15) is 18.5 Å². The van der Waals surface area contributed by atoms with Crippen molar-refractivity contribution in [2.75, 3.05) is 5.32 Å². The second-order valence-corrected chi connectivity index (χ2v) is 5.46. The Bertz CT molecular complexity index is 710. The Morgan fingerprint density at radius 3 is 2.45 bits per heavy atom. The topological polar surface area (TPSA) is 41.1 Å². The van der Waals surface area contributed by atoms with Crippen molar-refractivity contribution in [2.24, 2.45) is 0 Å². The van der Waals surface area contributed by atoms with E-state index >= 15 is 0 Å². The molecule has 0 aliphatic carbocycles. The average Bonchev–Trinajstić information content (AvgIpc) is 2.45. The van der Waals surface area contributed by atoms with Crippen LogP contribution in [0.25, 0.3) is 0 Å². The third-order valence-electron chi connectivity index (χ3n) is 2.97. The highest BCUT2D eigenvalue weighted by atomic mass is 35.5. The van der Waals surface area contributed by atoms with Crippen LogP contribution in [0.3, 0.4) is 0 Å². The largest absolute Gasteiger partial charge is 0.331 e. The number of amides is 2. The number of hydrogen-bond acceptors (Lipinski definition) is 1. The second-order valence-electron chi connectivity index (χ2n) is 4.62. The molecule has 0 fully saturated rings. The molecule has 116 valence electrons. The zero-order valence-electron chi connectivity index (χ0n) is 11.5. The van der Waals surface area contributed by atoms with E-state index in [1.807, 2.05) is 0 Å². The molecule has 0 bridgehead atoms. The standard InChI is InChI=1S/C15H12Cl2F2N2O/c1-8(9-2-4-12(18)13(19)6-9)20-15(22)21-14-5-3-10(16)7-11(14)17/h2-8H,1H3,(H2,20,21,22). The molecular formula is C15H12Cl2F2N2O. The van der Waals surface area contributed by atoms with Gasteiger partial charge in [0.1, 0.15) is 0 Å². The zero-order chi connectivity index (χ0) is 16.3. The molecule has 7 heteroatoms. The van der Waals surface area contributed by atoms with Crippen LogP contribution in [0.2, 0.25) is 10.0 Å². The van der Waals surface area contributed by atoms with Gasteiger partial charge in [-0.15, -0.1) is 0 Å². The summed E-state index contributed by atoms with van der Waals surface area (Å²) in [5, 5.41) is 5.90. The first-order chi connectivity index (χ1) is 10.4. The summed E-state index contributed by atoms with van der Waals surface area (Å²) in [5.41, 5.74) is 0.831. The van der Waals surface area contributed by atoms with Crippen LogP contribution < -0.4 is 10.6 Å². The Kier molecular flexibility index (Phi) is 5.21. The van der Waals surface area contributed by atoms with Crippen molar-refractivity contribution in [3.63, 3.8) is 0 Å². The molecule has 1 atom stereocenters. The molecule has 0 heterocycles. The molecule has 0 aliphatic rings. The zero-order valence-corrected chi connectivity index (χ0v) is 13.0. The van der Waals surface area contributed by atoms with E-state index in [0.717, 1.165) is 12.1 Å². The fourth-order valence-corrected chi connectivity index (χ4v) is 2.27. The molecule has 0 saturated heterocycles. The van der Waals surface area contributed by atoms with Crippen molar-refractivity contribution in [3.8, 4) is 0 Å². The molecule has 1 unspecified atom stereocenters. The maximum absolute atomic E-state index is 13.2. The SMILES string of the molecule is CC(NC(=O)Nc1ccc(Cl)cc1Cl)c1ccc(F)c(F)c1. The number of carbonyl (C=O) groups excluding carboxylic acids is 1. The van der Waals surface area contributed by atoms with E-state index in [1.165, 1.54) is 12.1 Å². The monoisotopic (exact) mass is 344 g/mol. The fraction of sp³-hybridized carbons (Fsp3) is 0.133. The maximum atomic E-state index is 13.2. The van der Waals surface area contributed by atoms with Crippen molar-refractivity contribution in [3.05, 3.63) is 63.6 Å². The van der Waals surface area contributed by atoms with E-state index in [9.17, 15) is 13.6 Å². The van der Waals surface area contributed by atoms with Crippen LogP contribution in [0.15, 0.2) is 36.4 Å². The third-order valence-corrected chi connectivity index (χ3v) is 3.52. The summed E-state index contributed by atoms with van der Waals surface area (Å²) in [6, 6.07) is 7.05. The number of anilines is 1. The molecule has 0 saturated carbocycles. The van der Waals surface area contributed by atoms with E-state index in [1.54, 1.807) is 19.1 Å². The van der Waals surface area contributed by atoms with Gasteiger partial charge in [0.25, 0.3) is 0 Å². The molecule has 2 amide bonds. The van der Waals surface area contributed by atoms with Gasteiger partial charge in [-0.2, -0.15) is 0 Å². The van der Waals surface area contributed by atoms with Crippen molar-refractivity contribution in [1.82, 2.24) is 5.32 Å². The molecule has 2 aromatic carbocycles. The van der Waals surface area contributed by atoms with E-state index in [-0.39, 0.29) is 0 Å². The van der Waals surface area contributed by atoms with Gasteiger partial charge in [-0.3, -0.25) is 0 Å². The number of benzene rings is 2. The highest BCUT2D eigenvalue weighted by Crippen LogP contribution is 2.25. The molecule has 2 rings (SSSR count). The first-order valence-corrected chi connectivity index (χ1v) is 7.10. The van der Waals surface area contributed by atoms with Crippen LogP contribution in [0.4, 0.5) is 19.3 Å². The summed E-state index contributed by atoms with van der Waals surface area (Å²) in [6.07, 6.45) is 0. The van der Waals surface area contributed by atoms with Crippen molar-refractivity contribution in [2.45, 2.75) is 13.0 Å². The van der Waals surface area contributed by atoms with E-state index in [4.69, 9.17) is 23.2 Å². The van der Waals surface area contributed by atoms with Crippen molar-refractivity contribution in [1.29, 1.82) is 0 Å². The van der Waals surface area contributed by atoms with Crippen molar-refractivity contribution < 1.29 is 13.6 Å². The van der Waals surface area contributed by atoms with Crippen molar-refractivity contribution >= 4 is 34.9 Å². The number of carbonyl (C=O) groups is 1. The van der Waals surface area contributed by atoms with Gasteiger partial charge in [0.15, 0.2) is 11.6 Å². The maximum Gasteiger partial charge on any atom is 0.319 e. The lowest BCUT2D eigenvalue weighted by Crippen LogP contribution is -2.31. The van der Waals surface area contributed by atoms with Gasteiger partial charge in [-0.05, 0) is 42.8 Å². The van der Waals surface area contributed by atoms with E-state index in [2.05, 4.69) is 10.6 Å². The van der Waals surface area contributed by atoms with E-state index in [0.29, 0.717) is 21.3 Å². The smallest absolute Gasteiger partial charge is 0.319 e. The summed E-state index contributed by atoms with van der Waals surface area (Å²) in [4.78, 5) is 11.9. The van der Waals surface area contributed by atoms with Gasteiger partial charge in [0, 0.05) is 5.02 Å². The van der Waals surface area contributed by atoms with Crippen LogP contribution in [0, 0.1) is 11.6 Å². The van der Waals surface area contributed by atoms with Crippen LogP contribution in [-0.4, -0.2) is 6.03 Å². The van der Waals surface area contributed by atoms with Crippen LogP contribution in [-0.2, 0) is 0 Å². The molecule has 3 nitrogen and oxygen atoms in total. The normalized spacial score (nSPS) is 11.9. The molecule has 2 N–H and O–H groups in total. The lowest BCUT2D eigenvalue weighted by molar-refractivity contribution is 0.249. The first-order valence-electron chi connectivity index (χ1n) is 6.34. The Morgan fingerprint density at radius 2 is 1.82 bits per heavy atom. The predicted octanol–water partition coefficient (Wildman–Crippen LogP) is 5.15. The van der Waals surface area contributed by atoms with Crippen LogP contribution in [0.5, 0.6) is 0 Å². The van der Waals surface area contributed by atoms with Gasteiger partial charge in [0.2, 0.25) is 0 Å². The number of hydrogen-bond donors (Lipinski definition) is 2. The molecule has 0 spiro atoms. The third kappa shape index (κ3) is 4.08. The van der Waals surface area contributed by atoms with Gasteiger partial charge in [0.05, 0.1) is 16.8 Å². The van der Waals surface area contributed by atoms with Gasteiger partial charge in [-0.25, -0.2) is 13.6 Å². The van der Waals surface area contributed by atoms with Gasteiger partial charge < -0.3 is 10.6 Å². The second kappa shape index (κ2) is 6.94. The molecule has 0 radical (unpaired) electrons. The summed E-state index contributed by atoms with van der Waals surface area (Å²) < 4.78 is 26.1. The molecular weight excluding hydrogens is 333 g/mol. The molecule has 22 heavy (non-hydrogen) atoms. The number of urea groups is 1. The summed E-state index contributed by atoms with van der Waals surface area (Å²) >= 11 is 11.7. The quantitative estimate of drug-likeness (QED) is 0.793. The number of nitrogens with one attached hydrogen (secondary N) is 2. The molecule has 2 aromatic rings. The summed E-state index contributed by atoms with van der Waals surface area (Å²) in [5.74, 6) is -1.90. The van der Waals surface area contributed by atoms with Crippen LogP contribution >= 0.6 is 23.2 Å². The highest BCUT2D eigenvalue weighted by molar-refractivity contribution is 6.36. The average molecular weight is 345 g/mol. The minimum absolute atomic E-state index is 0.295. The molecule has 0 aliphatic heterocycles. The lowest BCUT2D eigenvalue weighted by Gasteiger charge is -2.16. The van der Waals surface area contributed by atoms with E-state index < -0.39 is 23.7 Å². The Morgan fingerprint density at radius 1 is 1.09 bits per heavy atom. The molecule has 0 aromatic heterocycles. The predicted molar refractivity (Wildman–Crippen MR) is 83.4 cm³/mol. The Hall–Kier alpha value is -1.85. The summed E-state index contributed by atoms with van der Waals surface area (Å²) in [7, 11) is 0. The minimum Gasteiger partial charge on any atom is -0.331 e. The lowest BCUT2D eigenvalue weighted by atomic mass is 10.1. The Labute approximate surface area is 136 Å².